The van der Waals surface area contributed by atoms with Crippen LogP contribution < -0.4 is 5.32 Å². The van der Waals surface area contributed by atoms with Gasteiger partial charge in [-0.15, -0.1) is 10.2 Å². The molecule has 2 rings (SSSR count). The molecule has 1 atom stereocenters. The maximum Gasteiger partial charge on any atom is 0.188 e. The number of aromatic nitrogens is 4. The Bertz CT molecular complexity index is 366. The Kier molecular flexibility index (Phi) is 3.44. The molecule has 0 saturated carbocycles. The van der Waals surface area contributed by atoms with Crippen molar-refractivity contribution in [2.75, 3.05) is 19.6 Å². The normalized spacial score (nSPS) is 22.9. The Morgan fingerprint density at radius 3 is 2.76 bits per heavy atom. The summed E-state index contributed by atoms with van der Waals surface area (Å²) in [7, 11) is 1.80. The minimum absolute atomic E-state index is 0.260. The molecule has 0 amide bonds. The van der Waals surface area contributed by atoms with Gasteiger partial charge in [-0.1, -0.05) is 20.8 Å². The van der Waals surface area contributed by atoms with Crippen LogP contribution in [0, 0.1) is 5.41 Å². The van der Waals surface area contributed by atoms with E-state index in [0.717, 1.165) is 32.0 Å². The van der Waals surface area contributed by atoms with Gasteiger partial charge in [-0.3, -0.25) is 4.90 Å². The highest BCUT2D eigenvalue weighted by atomic mass is 15.6. The highest BCUT2D eigenvalue weighted by Crippen LogP contribution is 2.26. The Balaban J connectivity index is 2.06. The van der Waals surface area contributed by atoms with Crippen molar-refractivity contribution in [1.82, 2.24) is 30.4 Å². The van der Waals surface area contributed by atoms with Gasteiger partial charge in [-0.25, -0.2) is 0 Å². The zero-order valence-corrected chi connectivity index (χ0v) is 11.1. The smallest absolute Gasteiger partial charge is 0.188 e. The third kappa shape index (κ3) is 3.01. The Hall–Kier alpha value is -1.01. The van der Waals surface area contributed by atoms with Crippen molar-refractivity contribution in [3.63, 3.8) is 0 Å². The number of hydrogen-bond acceptors (Lipinski definition) is 5. The Morgan fingerprint density at radius 2 is 2.18 bits per heavy atom. The summed E-state index contributed by atoms with van der Waals surface area (Å²) in [5.41, 5.74) is 0.260. The molecule has 2 heterocycles. The lowest BCUT2D eigenvalue weighted by atomic mass is 9.84. The summed E-state index contributed by atoms with van der Waals surface area (Å²) in [5.74, 6) is 0.809. The molecule has 17 heavy (non-hydrogen) atoms. The van der Waals surface area contributed by atoms with Gasteiger partial charge in [0.05, 0.1) is 13.6 Å². The lowest BCUT2D eigenvalue weighted by molar-refractivity contribution is 0.0666. The largest absolute Gasteiger partial charge is 0.314 e. The van der Waals surface area contributed by atoms with E-state index in [4.69, 9.17) is 0 Å². The first-order valence-corrected chi connectivity index (χ1v) is 6.14. The van der Waals surface area contributed by atoms with Crippen LogP contribution in [-0.4, -0.2) is 50.8 Å². The van der Waals surface area contributed by atoms with Crippen LogP contribution in [-0.2, 0) is 13.6 Å². The average molecular weight is 238 g/mol. The molecule has 96 valence electrons. The monoisotopic (exact) mass is 238 g/mol. The quantitative estimate of drug-likeness (QED) is 0.788. The maximum absolute atomic E-state index is 4.25. The van der Waals surface area contributed by atoms with Crippen molar-refractivity contribution in [1.29, 1.82) is 0 Å². The second-order valence-corrected chi connectivity index (χ2v) is 5.75. The number of aryl methyl sites for hydroxylation is 1. The van der Waals surface area contributed by atoms with E-state index >= 15 is 0 Å². The molecule has 0 bridgehead atoms. The summed E-state index contributed by atoms with van der Waals surface area (Å²) in [5, 5.41) is 15.7. The van der Waals surface area contributed by atoms with Crippen molar-refractivity contribution in [2.24, 2.45) is 12.5 Å². The number of nitrogens with zero attached hydrogens (tertiary/aromatic N) is 5. The molecule has 6 heteroatoms. The van der Waals surface area contributed by atoms with Crippen molar-refractivity contribution < 1.29 is 0 Å². The van der Waals surface area contributed by atoms with Crippen LogP contribution >= 0.6 is 0 Å². The van der Waals surface area contributed by atoms with Crippen molar-refractivity contribution in [3.8, 4) is 0 Å². The SMILES string of the molecule is Cn1nnc(CN2CCNCC2C(C)(C)C)n1. The molecule has 1 saturated heterocycles. The fourth-order valence-corrected chi connectivity index (χ4v) is 2.36. The molecule has 1 unspecified atom stereocenters. The van der Waals surface area contributed by atoms with Crippen molar-refractivity contribution >= 4 is 0 Å². The Morgan fingerprint density at radius 1 is 1.41 bits per heavy atom. The lowest BCUT2D eigenvalue weighted by Gasteiger charge is -2.43. The third-order valence-electron chi connectivity index (χ3n) is 3.25. The third-order valence-corrected chi connectivity index (χ3v) is 3.25. The minimum Gasteiger partial charge on any atom is -0.314 e. The second kappa shape index (κ2) is 4.70. The van der Waals surface area contributed by atoms with Gasteiger partial charge in [0.15, 0.2) is 5.82 Å². The van der Waals surface area contributed by atoms with E-state index in [9.17, 15) is 0 Å². The Labute approximate surface area is 102 Å². The van der Waals surface area contributed by atoms with Crippen molar-refractivity contribution in [3.05, 3.63) is 5.82 Å². The molecule has 6 nitrogen and oxygen atoms in total. The molecule has 1 aromatic heterocycles. The van der Waals surface area contributed by atoms with E-state index in [-0.39, 0.29) is 5.41 Å². The summed E-state index contributed by atoms with van der Waals surface area (Å²) < 4.78 is 0. The predicted molar refractivity (Wildman–Crippen MR) is 65.3 cm³/mol. The van der Waals surface area contributed by atoms with Crippen LogP contribution in [0.5, 0.6) is 0 Å². The van der Waals surface area contributed by atoms with Gasteiger partial charge in [0, 0.05) is 25.7 Å². The van der Waals surface area contributed by atoms with E-state index < -0.39 is 0 Å². The fraction of sp³-hybridized carbons (Fsp3) is 0.909. The van der Waals surface area contributed by atoms with Crippen LogP contribution in [0.25, 0.3) is 0 Å². The van der Waals surface area contributed by atoms with E-state index in [1.807, 2.05) is 0 Å². The first-order valence-electron chi connectivity index (χ1n) is 6.14. The topological polar surface area (TPSA) is 58.9 Å². The number of nitrogens with one attached hydrogen (secondary N) is 1. The summed E-state index contributed by atoms with van der Waals surface area (Å²) in [6.07, 6.45) is 0. The summed E-state index contributed by atoms with van der Waals surface area (Å²) in [6, 6.07) is 0.514. The summed E-state index contributed by atoms with van der Waals surface area (Å²) in [6.45, 7) is 10.7. The predicted octanol–water partition coefficient (Wildman–Crippen LogP) is 0.0300. The molecule has 1 aliphatic rings. The first kappa shape index (κ1) is 12.4. The second-order valence-electron chi connectivity index (χ2n) is 5.75. The van der Waals surface area contributed by atoms with Gasteiger partial charge < -0.3 is 5.32 Å². The molecule has 0 radical (unpaired) electrons. The number of hydrogen-bond donors (Lipinski definition) is 1. The van der Waals surface area contributed by atoms with E-state index in [1.165, 1.54) is 4.80 Å². The highest BCUT2D eigenvalue weighted by Gasteiger charge is 2.32. The first-order chi connectivity index (χ1) is 7.97. The number of rotatable bonds is 2. The van der Waals surface area contributed by atoms with Crippen LogP contribution in [0.4, 0.5) is 0 Å². The standard InChI is InChI=1S/C11H22N6/c1-11(2,3)9-7-12-5-6-17(9)8-10-13-15-16(4)14-10/h9,12H,5-8H2,1-4H3. The number of tetrazole rings is 1. The summed E-state index contributed by atoms with van der Waals surface area (Å²) >= 11 is 0. The average Bonchev–Trinajstić information content (AvgIpc) is 2.63. The molecule has 0 aromatic carbocycles. The number of piperazine rings is 1. The molecule has 0 spiro atoms. The minimum atomic E-state index is 0.260. The van der Waals surface area contributed by atoms with Crippen LogP contribution in [0.15, 0.2) is 0 Å². The van der Waals surface area contributed by atoms with E-state index in [1.54, 1.807) is 7.05 Å². The zero-order valence-electron chi connectivity index (χ0n) is 11.1. The van der Waals surface area contributed by atoms with Gasteiger partial charge in [-0.2, -0.15) is 4.80 Å². The maximum atomic E-state index is 4.25. The molecule has 1 aliphatic heterocycles. The van der Waals surface area contributed by atoms with Crippen LogP contribution in [0.2, 0.25) is 0 Å². The fourth-order valence-electron chi connectivity index (χ4n) is 2.36. The molecule has 1 fully saturated rings. The lowest BCUT2D eigenvalue weighted by Crippen LogP contribution is -2.56. The zero-order chi connectivity index (χ0) is 12.5. The molecule has 1 aromatic rings. The van der Waals surface area contributed by atoms with E-state index in [0.29, 0.717) is 6.04 Å². The van der Waals surface area contributed by atoms with Gasteiger partial charge >= 0.3 is 0 Å². The van der Waals surface area contributed by atoms with Gasteiger partial charge in [0.1, 0.15) is 0 Å². The van der Waals surface area contributed by atoms with Gasteiger partial charge in [-0.05, 0) is 10.6 Å². The molecular weight excluding hydrogens is 216 g/mol. The summed E-state index contributed by atoms with van der Waals surface area (Å²) in [4.78, 5) is 3.97. The molecule has 1 N–H and O–H groups in total. The van der Waals surface area contributed by atoms with E-state index in [2.05, 4.69) is 46.4 Å². The van der Waals surface area contributed by atoms with Crippen LogP contribution in [0.3, 0.4) is 0 Å². The van der Waals surface area contributed by atoms with Gasteiger partial charge in [0.25, 0.3) is 0 Å². The molecular formula is C11H22N6. The molecule has 0 aliphatic carbocycles. The highest BCUT2D eigenvalue weighted by molar-refractivity contribution is 4.91. The van der Waals surface area contributed by atoms with Crippen molar-refractivity contribution in [2.45, 2.75) is 33.4 Å². The van der Waals surface area contributed by atoms with Gasteiger partial charge in [0.2, 0.25) is 0 Å². The van der Waals surface area contributed by atoms with Crippen LogP contribution in [0.1, 0.15) is 26.6 Å².